The van der Waals surface area contributed by atoms with Crippen molar-refractivity contribution in [2.75, 3.05) is 0 Å². The molecule has 4 nitrogen and oxygen atoms in total. The van der Waals surface area contributed by atoms with E-state index in [1.54, 1.807) is 0 Å². The lowest BCUT2D eigenvalue weighted by molar-refractivity contribution is 0.282. The number of hydrogen-bond acceptors (Lipinski definition) is 2. The molecule has 0 fully saturated rings. The Kier molecular flexibility index (Phi) is 3.09. The molecule has 0 aliphatic carbocycles. The van der Waals surface area contributed by atoms with Crippen molar-refractivity contribution in [2.45, 2.75) is 19.6 Å². The zero-order chi connectivity index (χ0) is 13.2. The van der Waals surface area contributed by atoms with Gasteiger partial charge >= 0.3 is 0 Å². The zero-order valence-electron chi connectivity index (χ0n) is 11.0. The minimum Gasteiger partial charge on any atom is -0.392 e. The van der Waals surface area contributed by atoms with Gasteiger partial charge in [0.2, 0.25) is 0 Å². The topological polar surface area (TPSA) is 43.0 Å². The summed E-state index contributed by atoms with van der Waals surface area (Å²) < 4.78 is 4.07. The average Bonchev–Trinajstić information content (AvgIpc) is 3.02. The number of aliphatic hydroxyl groups excluding tert-OH is 1. The van der Waals surface area contributed by atoms with E-state index in [9.17, 15) is 0 Å². The van der Waals surface area contributed by atoms with Gasteiger partial charge in [0.15, 0.2) is 0 Å². The number of benzene rings is 1. The fourth-order valence-electron chi connectivity index (χ4n) is 2.39. The molecular weight excluding hydrogens is 238 g/mol. The van der Waals surface area contributed by atoms with Crippen molar-refractivity contribution < 1.29 is 5.11 Å². The van der Waals surface area contributed by atoms with Gasteiger partial charge in [0.25, 0.3) is 0 Å². The molecule has 0 saturated heterocycles. The van der Waals surface area contributed by atoms with Crippen molar-refractivity contribution in [1.29, 1.82) is 0 Å². The van der Waals surface area contributed by atoms with Crippen LogP contribution < -0.4 is 0 Å². The van der Waals surface area contributed by atoms with Crippen LogP contribution in [0.1, 0.15) is 11.1 Å². The molecule has 0 bridgehead atoms. The average molecular weight is 255 g/mol. The third kappa shape index (κ3) is 2.39. The van der Waals surface area contributed by atoms with Crippen LogP contribution in [-0.4, -0.2) is 19.5 Å². The highest BCUT2D eigenvalue weighted by Crippen LogP contribution is 2.18. The fraction of sp³-hybridized carbons (Fsp3) is 0.267. The van der Waals surface area contributed by atoms with Crippen LogP contribution in [0.4, 0.5) is 0 Å². The summed E-state index contributed by atoms with van der Waals surface area (Å²) in [6.45, 7) is 1.03. The van der Waals surface area contributed by atoms with E-state index in [4.69, 9.17) is 5.11 Å². The molecule has 0 amide bonds. The van der Waals surface area contributed by atoms with E-state index < -0.39 is 0 Å². The van der Waals surface area contributed by atoms with E-state index in [0.29, 0.717) is 0 Å². The van der Waals surface area contributed by atoms with Gasteiger partial charge in [-0.2, -0.15) is 5.10 Å². The fourth-order valence-corrected chi connectivity index (χ4v) is 2.39. The first-order chi connectivity index (χ1) is 9.26. The first-order valence-corrected chi connectivity index (χ1v) is 6.42. The molecule has 0 aliphatic heterocycles. The molecule has 98 valence electrons. The molecule has 0 aliphatic rings. The molecular formula is C15H17N3O. The minimum atomic E-state index is 0.0941. The molecule has 1 N–H and O–H groups in total. The van der Waals surface area contributed by atoms with Crippen LogP contribution in [0.5, 0.6) is 0 Å². The molecule has 0 unspecified atom stereocenters. The summed E-state index contributed by atoms with van der Waals surface area (Å²) in [5.41, 5.74) is 3.41. The third-order valence-corrected chi connectivity index (χ3v) is 3.42. The molecule has 3 rings (SSSR count). The highest BCUT2D eigenvalue weighted by molar-refractivity contribution is 5.80. The number of aliphatic hydroxyl groups is 1. The molecule has 4 heteroatoms. The van der Waals surface area contributed by atoms with E-state index in [1.165, 1.54) is 16.5 Å². The number of hydrogen-bond donors (Lipinski definition) is 1. The summed E-state index contributed by atoms with van der Waals surface area (Å²) in [6, 6.07) is 8.18. The lowest BCUT2D eigenvalue weighted by atomic mass is 10.2. The zero-order valence-corrected chi connectivity index (χ0v) is 11.0. The van der Waals surface area contributed by atoms with E-state index in [2.05, 4.69) is 34.2 Å². The molecule has 2 aromatic heterocycles. The minimum absolute atomic E-state index is 0.0941. The largest absolute Gasteiger partial charge is 0.392 e. The van der Waals surface area contributed by atoms with E-state index in [0.717, 1.165) is 18.5 Å². The Morgan fingerprint density at radius 2 is 2.11 bits per heavy atom. The van der Waals surface area contributed by atoms with Crippen molar-refractivity contribution in [3.05, 3.63) is 54.0 Å². The second-order valence-electron chi connectivity index (χ2n) is 4.83. The molecule has 1 aromatic carbocycles. The van der Waals surface area contributed by atoms with E-state index >= 15 is 0 Å². The number of aryl methyl sites for hydroxylation is 3. The van der Waals surface area contributed by atoms with Crippen LogP contribution in [0.3, 0.4) is 0 Å². The molecule has 2 heterocycles. The van der Waals surface area contributed by atoms with Crippen molar-refractivity contribution in [3.8, 4) is 0 Å². The van der Waals surface area contributed by atoms with Gasteiger partial charge in [0.1, 0.15) is 0 Å². The number of aromatic nitrogens is 3. The lowest BCUT2D eigenvalue weighted by Gasteiger charge is -2.05. The smallest absolute Gasteiger partial charge is 0.0682 e. The highest BCUT2D eigenvalue weighted by atomic mass is 16.3. The predicted molar refractivity (Wildman–Crippen MR) is 74.8 cm³/mol. The maximum absolute atomic E-state index is 9.14. The molecule has 19 heavy (non-hydrogen) atoms. The molecule has 0 radical (unpaired) electrons. The van der Waals surface area contributed by atoms with Crippen LogP contribution in [-0.2, 0) is 26.6 Å². The quantitative estimate of drug-likeness (QED) is 0.776. The molecule has 0 spiro atoms. The molecule has 0 saturated carbocycles. The summed E-state index contributed by atoms with van der Waals surface area (Å²) in [6.07, 6.45) is 7.03. The van der Waals surface area contributed by atoms with Gasteiger partial charge in [0, 0.05) is 31.5 Å². The van der Waals surface area contributed by atoms with Gasteiger partial charge in [-0.15, -0.1) is 0 Å². The Bertz CT molecular complexity index is 696. The molecule has 0 atom stereocenters. The summed E-state index contributed by atoms with van der Waals surface area (Å²) >= 11 is 0. The van der Waals surface area contributed by atoms with Gasteiger partial charge < -0.3 is 9.67 Å². The van der Waals surface area contributed by atoms with Gasteiger partial charge in [0.05, 0.1) is 12.8 Å². The second kappa shape index (κ2) is 4.90. The predicted octanol–water partition coefficient (Wildman–Crippen LogP) is 2.11. The van der Waals surface area contributed by atoms with Crippen LogP contribution in [0.15, 0.2) is 42.9 Å². The van der Waals surface area contributed by atoms with E-state index in [-0.39, 0.29) is 6.61 Å². The van der Waals surface area contributed by atoms with Crippen LogP contribution in [0.25, 0.3) is 10.9 Å². The standard InChI is InChI=1S/C15H17N3O/c1-17-10-13(9-16-17)4-6-18-7-5-14-8-12(11-19)2-3-15(14)18/h2-3,5,7-10,19H,4,6,11H2,1H3. The van der Waals surface area contributed by atoms with Gasteiger partial charge in [-0.05, 0) is 41.1 Å². The van der Waals surface area contributed by atoms with Gasteiger partial charge in [-0.25, -0.2) is 0 Å². The van der Waals surface area contributed by atoms with Crippen molar-refractivity contribution >= 4 is 10.9 Å². The highest BCUT2D eigenvalue weighted by Gasteiger charge is 2.03. The maximum atomic E-state index is 9.14. The number of nitrogens with zero attached hydrogens (tertiary/aromatic N) is 3. The lowest BCUT2D eigenvalue weighted by Crippen LogP contribution is -1.99. The van der Waals surface area contributed by atoms with Crippen LogP contribution in [0, 0.1) is 0 Å². The Balaban J connectivity index is 1.81. The third-order valence-electron chi connectivity index (χ3n) is 3.42. The molecule has 3 aromatic rings. The van der Waals surface area contributed by atoms with Crippen LogP contribution >= 0.6 is 0 Å². The first-order valence-electron chi connectivity index (χ1n) is 6.42. The Morgan fingerprint density at radius 1 is 1.21 bits per heavy atom. The second-order valence-corrected chi connectivity index (χ2v) is 4.83. The maximum Gasteiger partial charge on any atom is 0.0682 e. The normalized spacial score (nSPS) is 11.3. The van der Waals surface area contributed by atoms with Gasteiger partial charge in [-0.3, -0.25) is 4.68 Å². The Morgan fingerprint density at radius 3 is 2.84 bits per heavy atom. The Labute approximate surface area is 111 Å². The monoisotopic (exact) mass is 255 g/mol. The van der Waals surface area contributed by atoms with Crippen molar-refractivity contribution in [3.63, 3.8) is 0 Å². The Hall–Kier alpha value is -2.07. The van der Waals surface area contributed by atoms with E-state index in [1.807, 2.05) is 30.1 Å². The van der Waals surface area contributed by atoms with Crippen molar-refractivity contribution in [1.82, 2.24) is 14.3 Å². The van der Waals surface area contributed by atoms with Crippen LogP contribution in [0.2, 0.25) is 0 Å². The first kappa shape index (κ1) is 12.0. The summed E-state index contributed by atoms with van der Waals surface area (Å²) in [5.74, 6) is 0. The SMILES string of the molecule is Cn1cc(CCn2ccc3cc(CO)ccc32)cn1. The summed E-state index contributed by atoms with van der Waals surface area (Å²) in [4.78, 5) is 0. The summed E-state index contributed by atoms with van der Waals surface area (Å²) in [7, 11) is 1.94. The summed E-state index contributed by atoms with van der Waals surface area (Å²) in [5, 5.41) is 14.5. The van der Waals surface area contributed by atoms with Crippen molar-refractivity contribution in [2.24, 2.45) is 7.05 Å². The number of rotatable bonds is 4. The van der Waals surface area contributed by atoms with Gasteiger partial charge in [-0.1, -0.05) is 6.07 Å². The number of fused-ring (bicyclic) bond motifs is 1.